The van der Waals surface area contributed by atoms with Crippen molar-refractivity contribution in [2.45, 2.75) is 33.6 Å². The molecule has 7 heteroatoms. The highest BCUT2D eigenvalue weighted by molar-refractivity contribution is 14.0. The van der Waals surface area contributed by atoms with Crippen LogP contribution in [0, 0.1) is 12.3 Å². The van der Waals surface area contributed by atoms with Crippen LogP contribution in [0.3, 0.4) is 0 Å². The number of carbonyl (C=O) groups is 1. The van der Waals surface area contributed by atoms with Crippen molar-refractivity contribution in [3.63, 3.8) is 0 Å². The Morgan fingerprint density at radius 2 is 2.12 bits per heavy atom. The van der Waals surface area contributed by atoms with Gasteiger partial charge in [0.2, 0.25) is 5.91 Å². The van der Waals surface area contributed by atoms with Crippen LogP contribution in [0.25, 0.3) is 0 Å². The van der Waals surface area contributed by atoms with Gasteiger partial charge in [0.1, 0.15) is 0 Å². The van der Waals surface area contributed by atoms with E-state index < -0.39 is 0 Å². The summed E-state index contributed by atoms with van der Waals surface area (Å²) in [6, 6.07) is 5.87. The first-order chi connectivity index (χ1) is 11.3. The number of aryl methyl sites for hydroxylation is 1. The van der Waals surface area contributed by atoms with E-state index in [0.29, 0.717) is 18.4 Å². The summed E-state index contributed by atoms with van der Waals surface area (Å²) >= 11 is 3.43. The van der Waals surface area contributed by atoms with Gasteiger partial charge in [-0.1, -0.05) is 35.8 Å². The molecule has 25 heavy (non-hydrogen) atoms. The van der Waals surface area contributed by atoms with E-state index >= 15 is 0 Å². The highest BCUT2D eigenvalue weighted by atomic mass is 127. The van der Waals surface area contributed by atoms with Gasteiger partial charge in [-0.25, -0.2) is 0 Å². The summed E-state index contributed by atoms with van der Waals surface area (Å²) in [7, 11) is 1.79. The third kappa shape index (κ3) is 6.77. The maximum atomic E-state index is 12.2. The summed E-state index contributed by atoms with van der Waals surface area (Å²) in [4.78, 5) is 18.7. The zero-order chi connectivity index (χ0) is 17.7. The van der Waals surface area contributed by atoms with Crippen LogP contribution in [0.2, 0.25) is 0 Å². The Kier molecular flexibility index (Phi) is 8.67. The molecule has 0 bridgehead atoms. The van der Waals surface area contributed by atoms with Crippen molar-refractivity contribution in [1.82, 2.24) is 10.2 Å². The molecule has 0 radical (unpaired) electrons. The molecule has 1 fully saturated rings. The molecule has 140 valence electrons. The van der Waals surface area contributed by atoms with Gasteiger partial charge in [0.15, 0.2) is 5.96 Å². The molecule has 1 heterocycles. The van der Waals surface area contributed by atoms with E-state index in [-0.39, 0.29) is 29.9 Å². The van der Waals surface area contributed by atoms with Gasteiger partial charge in [-0.15, -0.1) is 24.0 Å². The second-order valence-corrected chi connectivity index (χ2v) is 7.98. The molecule has 1 amide bonds. The van der Waals surface area contributed by atoms with Crippen LogP contribution in [-0.2, 0) is 4.79 Å². The van der Waals surface area contributed by atoms with Crippen LogP contribution in [0.15, 0.2) is 27.7 Å². The number of nitrogens with one attached hydrogen (secondary N) is 2. The molecule has 1 aliphatic rings. The molecule has 2 N–H and O–H groups in total. The molecular weight excluding hydrogens is 495 g/mol. The number of aliphatic imine (C=N–C) groups is 1. The van der Waals surface area contributed by atoms with Gasteiger partial charge >= 0.3 is 0 Å². The third-order valence-corrected chi connectivity index (χ3v) is 4.79. The summed E-state index contributed by atoms with van der Waals surface area (Å²) in [5, 5.41) is 6.26. The Bertz CT molecular complexity index is 634. The fourth-order valence-electron chi connectivity index (χ4n) is 2.85. The minimum Gasteiger partial charge on any atom is -0.356 e. The highest BCUT2D eigenvalue weighted by Crippen LogP contribution is 2.28. The average molecular weight is 523 g/mol. The Morgan fingerprint density at radius 1 is 1.40 bits per heavy atom. The van der Waals surface area contributed by atoms with E-state index in [1.54, 1.807) is 7.05 Å². The molecule has 0 saturated carbocycles. The molecule has 5 nitrogen and oxygen atoms in total. The number of hydrogen-bond acceptors (Lipinski definition) is 2. The molecule has 0 aliphatic carbocycles. The van der Waals surface area contributed by atoms with Gasteiger partial charge in [0.05, 0.1) is 0 Å². The zero-order valence-electron chi connectivity index (χ0n) is 15.4. The number of carbonyl (C=O) groups excluding carboxylic acids is 1. The van der Waals surface area contributed by atoms with Crippen molar-refractivity contribution < 1.29 is 4.79 Å². The molecule has 1 aromatic rings. The van der Waals surface area contributed by atoms with Crippen LogP contribution in [0.4, 0.5) is 5.69 Å². The molecule has 1 aromatic carbocycles. The molecule has 0 spiro atoms. The molecule has 1 saturated heterocycles. The minimum absolute atomic E-state index is 0. The van der Waals surface area contributed by atoms with Crippen molar-refractivity contribution >= 4 is 57.5 Å². The lowest BCUT2D eigenvalue weighted by molar-refractivity contribution is -0.116. The lowest BCUT2D eigenvalue weighted by atomic mass is 9.93. The normalized spacial score (nSPS) is 16.4. The number of guanidine groups is 1. The first kappa shape index (κ1) is 22.2. The number of anilines is 1. The summed E-state index contributed by atoms with van der Waals surface area (Å²) in [6.07, 6.45) is 1.57. The van der Waals surface area contributed by atoms with E-state index in [0.717, 1.165) is 41.2 Å². The Morgan fingerprint density at radius 3 is 2.72 bits per heavy atom. The smallest absolute Gasteiger partial charge is 0.226 e. The summed E-state index contributed by atoms with van der Waals surface area (Å²) in [5.41, 5.74) is 2.22. The van der Waals surface area contributed by atoms with Crippen molar-refractivity contribution in [3.05, 3.63) is 28.2 Å². The maximum absolute atomic E-state index is 12.2. The molecule has 1 aliphatic heterocycles. The quantitative estimate of drug-likeness (QED) is 0.357. The van der Waals surface area contributed by atoms with Crippen molar-refractivity contribution in [3.8, 4) is 0 Å². The standard InChI is InChI=1S/C18H27BrN4O.HI/c1-13-5-6-14(19)11-15(13)22-16(24)7-9-21-17(20-4)23-10-8-18(2,3)12-23;/h5-6,11H,7-10,12H2,1-4H3,(H,20,21)(H,22,24);1H. The predicted molar refractivity (Wildman–Crippen MR) is 119 cm³/mol. The van der Waals surface area contributed by atoms with Gasteiger partial charge in [-0.05, 0) is 36.5 Å². The van der Waals surface area contributed by atoms with Gasteiger partial charge in [0, 0.05) is 43.3 Å². The van der Waals surface area contributed by atoms with E-state index in [4.69, 9.17) is 0 Å². The van der Waals surface area contributed by atoms with Gasteiger partial charge in [-0.2, -0.15) is 0 Å². The first-order valence-electron chi connectivity index (χ1n) is 8.32. The largest absolute Gasteiger partial charge is 0.356 e. The number of benzene rings is 1. The number of likely N-dealkylation sites (tertiary alicyclic amines) is 1. The van der Waals surface area contributed by atoms with E-state index in [1.165, 1.54) is 0 Å². The molecule has 0 unspecified atom stereocenters. The summed E-state index contributed by atoms with van der Waals surface area (Å²) in [5.74, 6) is 0.882. The lowest BCUT2D eigenvalue weighted by Gasteiger charge is -2.23. The number of rotatable bonds is 4. The topological polar surface area (TPSA) is 56.7 Å². The number of hydrogen-bond donors (Lipinski definition) is 2. The number of halogens is 2. The van der Waals surface area contributed by atoms with Crippen LogP contribution in [0.1, 0.15) is 32.3 Å². The monoisotopic (exact) mass is 522 g/mol. The van der Waals surface area contributed by atoms with Crippen LogP contribution in [-0.4, -0.2) is 43.4 Å². The van der Waals surface area contributed by atoms with E-state index in [2.05, 4.69) is 50.3 Å². The highest BCUT2D eigenvalue weighted by Gasteiger charge is 2.30. The average Bonchev–Trinajstić information content (AvgIpc) is 2.87. The SMILES string of the molecule is CN=C(NCCC(=O)Nc1cc(Br)ccc1C)N1CCC(C)(C)C1.I. The Balaban J connectivity index is 0.00000312. The minimum atomic E-state index is 0. The lowest BCUT2D eigenvalue weighted by Crippen LogP contribution is -2.41. The second kappa shape index (κ2) is 9.75. The van der Waals surface area contributed by atoms with Crippen molar-refractivity contribution in [2.24, 2.45) is 10.4 Å². The summed E-state index contributed by atoms with van der Waals surface area (Å²) < 4.78 is 0.957. The molecule has 0 aromatic heterocycles. The summed E-state index contributed by atoms with van der Waals surface area (Å²) in [6.45, 7) is 9.11. The van der Waals surface area contributed by atoms with Gasteiger partial charge in [-0.3, -0.25) is 9.79 Å². The zero-order valence-corrected chi connectivity index (χ0v) is 19.3. The van der Waals surface area contributed by atoms with Crippen LogP contribution in [0.5, 0.6) is 0 Å². The second-order valence-electron chi connectivity index (χ2n) is 7.07. The van der Waals surface area contributed by atoms with E-state index in [9.17, 15) is 4.79 Å². The van der Waals surface area contributed by atoms with Crippen molar-refractivity contribution in [2.75, 3.05) is 32.0 Å². The molecule has 0 atom stereocenters. The molecular formula is C18H28BrIN4O. The maximum Gasteiger partial charge on any atom is 0.226 e. The number of amides is 1. The fraction of sp³-hybridized carbons (Fsp3) is 0.556. The third-order valence-electron chi connectivity index (χ3n) is 4.30. The van der Waals surface area contributed by atoms with Crippen LogP contribution >= 0.6 is 39.9 Å². The Hall–Kier alpha value is -0.830. The van der Waals surface area contributed by atoms with Gasteiger partial charge < -0.3 is 15.5 Å². The Labute approximate surface area is 176 Å². The van der Waals surface area contributed by atoms with Crippen molar-refractivity contribution in [1.29, 1.82) is 0 Å². The first-order valence-corrected chi connectivity index (χ1v) is 9.12. The van der Waals surface area contributed by atoms with Crippen LogP contribution < -0.4 is 10.6 Å². The molecule has 2 rings (SSSR count). The predicted octanol–water partition coefficient (Wildman–Crippen LogP) is 4.01. The van der Waals surface area contributed by atoms with E-state index in [1.807, 2.05) is 25.1 Å². The fourth-order valence-corrected chi connectivity index (χ4v) is 3.22. The van der Waals surface area contributed by atoms with Gasteiger partial charge in [0.25, 0.3) is 0 Å². The number of nitrogens with zero attached hydrogens (tertiary/aromatic N) is 2.